The predicted octanol–water partition coefficient (Wildman–Crippen LogP) is 12.3. The van der Waals surface area contributed by atoms with Crippen molar-refractivity contribution in [2.45, 2.75) is 0 Å². The normalized spacial score (nSPS) is 11.7. The predicted molar refractivity (Wildman–Crippen MR) is 213 cm³/mol. The van der Waals surface area contributed by atoms with Crippen molar-refractivity contribution in [3.05, 3.63) is 176 Å². The first-order valence-electron chi connectivity index (χ1n) is 17.2. The van der Waals surface area contributed by atoms with Crippen LogP contribution in [0.1, 0.15) is 0 Å². The number of aromatic nitrogens is 3. The molecule has 0 fully saturated rings. The molecule has 0 unspecified atom stereocenters. The summed E-state index contributed by atoms with van der Waals surface area (Å²) in [4.78, 5) is 10.9. The van der Waals surface area contributed by atoms with Gasteiger partial charge in [-0.3, -0.25) is 4.98 Å². The second-order valence-corrected chi connectivity index (χ2v) is 13.2. The zero-order valence-corrected chi connectivity index (χ0v) is 30.0. The van der Waals surface area contributed by atoms with Crippen LogP contribution >= 0.6 is 0 Å². The molecule has 11 rings (SSSR count). The van der Waals surface area contributed by atoms with Gasteiger partial charge >= 0.3 is 21.1 Å². The molecule has 8 bridgehead atoms. The van der Waals surface area contributed by atoms with Crippen molar-refractivity contribution in [1.29, 1.82) is 0 Å². The summed E-state index contributed by atoms with van der Waals surface area (Å²) in [5.41, 5.74) is 5.46. The van der Waals surface area contributed by atoms with Gasteiger partial charge in [0.1, 0.15) is 5.65 Å². The molecule has 3 nitrogen and oxygen atoms in total. The van der Waals surface area contributed by atoms with Crippen LogP contribution in [0.25, 0.3) is 104 Å². The average Bonchev–Trinajstić information content (AvgIpc) is 3.53. The molecule has 0 spiro atoms. The van der Waals surface area contributed by atoms with E-state index in [1.54, 1.807) is 0 Å². The molecule has 4 heteroatoms. The van der Waals surface area contributed by atoms with Gasteiger partial charge in [0, 0.05) is 16.2 Å². The van der Waals surface area contributed by atoms with E-state index in [-0.39, 0.29) is 21.1 Å². The molecule has 3 heterocycles. The van der Waals surface area contributed by atoms with Crippen LogP contribution in [0.4, 0.5) is 0 Å². The van der Waals surface area contributed by atoms with Crippen LogP contribution in [0, 0.1) is 12.1 Å². The van der Waals surface area contributed by atoms with Crippen LogP contribution in [0.15, 0.2) is 164 Å². The molecular weight excluding hydrogens is 814 g/mol. The Morgan fingerprint density at radius 2 is 1.12 bits per heavy atom. The Bertz CT molecular complexity index is 3260. The minimum atomic E-state index is 0. The Labute approximate surface area is 313 Å². The fraction of sp³-hybridized carbons (Fsp3) is 0. The molecule has 0 saturated carbocycles. The van der Waals surface area contributed by atoms with Crippen LogP contribution in [-0.2, 0) is 21.1 Å². The van der Waals surface area contributed by atoms with Crippen LogP contribution in [-0.4, -0.2) is 14.5 Å². The maximum Gasteiger partial charge on any atom is 2.00 e. The molecular formula is C48H27N3Pt. The van der Waals surface area contributed by atoms with E-state index in [9.17, 15) is 0 Å². The van der Waals surface area contributed by atoms with Crippen molar-refractivity contribution in [3.8, 4) is 17.1 Å². The van der Waals surface area contributed by atoms with E-state index < -0.39 is 0 Å². The van der Waals surface area contributed by atoms with Gasteiger partial charge in [-0.05, 0) is 73.6 Å². The minimum Gasteiger partial charge on any atom is -0.318 e. The molecule has 0 amide bonds. The summed E-state index contributed by atoms with van der Waals surface area (Å²) in [5.74, 6) is 0. The number of hydrogen-bond donors (Lipinski definition) is 0. The maximum absolute atomic E-state index is 5.45. The van der Waals surface area contributed by atoms with Crippen molar-refractivity contribution in [2.75, 3.05) is 0 Å². The van der Waals surface area contributed by atoms with Gasteiger partial charge in [-0.15, -0.1) is 29.7 Å². The van der Waals surface area contributed by atoms with Crippen LogP contribution in [0.3, 0.4) is 0 Å². The number of para-hydroxylation sites is 2. The van der Waals surface area contributed by atoms with E-state index in [1.165, 1.54) is 26.9 Å². The summed E-state index contributed by atoms with van der Waals surface area (Å²) in [6.07, 6.45) is 0. The SMILES string of the molecule is [Pt+2].[c-]1ccccc1-n1c2ccccc2c2ccc(-c3nc4cc5c3cccc5c3cccc(c3)c3cccc(c3)c3cccc5c[c-]c4cc53)nc21. The van der Waals surface area contributed by atoms with Gasteiger partial charge < -0.3 is 4.57 Å². The first kappa shape index (κ1) is 30.7. The van der Waals surface area contributed by atoms with Crippen molar-refractivity contribution in [1.82, 2.24) is 14.5 Å². The molecule has 0 N–H and O–H groups in total. The van der Waals surface area contributed by atoms with Crippen LogP contribution in [0.2, 0.25) is 0 Å². The van der Waals surface area contributed by atoms with Crippen molar-refractivity contribution >= 4 is 86.7 Å². The molecule has 0 saturated heterocycles. The Morgan fingerprint density at radius 1 is 0.442 bits per heavy atom. The summed E-state index contributed by atoms with van der Waals surface area (Å²) in [6, 6.07) is 65.3. The third-order valence-corrected chi connectivity index (χ3v) is 10.3. The monoisotopic (exact) mass is 840 g/mol. The third kappa shape index (κ3) is 4.70. The van der Waals surface area contributed by atoms with Crippen molar-refractivity contribution < 1.29 is 21.1 Å². The standard InChI is InChI=1S/C48H27N3.Pt/c1-2-15-36(16-3-1)51-46-21-5-4-17-39(46)41-24-25-44(50-48(41)51)47-40-20-9-19-38-34-14-7-12-32(27-34)31-11-6-13-33(26-31)37-18-8-10-30-22-23-35(28-42(30)37)45(49-47)29-43(38)40;/h1-15,17-22,24-29H;/q-2;+2. The number of fused-ring (bicyclic) bond motifs is 13. The average molecular weight is 841 g/mol. The molecule has 0 aliphatic rings. The second-order valence-electron chi connectivity index (χ2n) is 13.2. The Morgan fingerprint density at radius 3 is 1.92 bits per heavy atom. The van der Waals surface area contributed by atoms with E-state index in [4.69, 9.17) is 9.97 Å². The maximum atomic E-state index is 5.45. The van der Waals surface area contributed by atoms with Gasteiger partial charge in [-0.1, -0.05) is 114 Å². The molecule has 244 valence electrons. The molecule has 3 aromatic heterocycles. The van der Waals surface area contributed by atoms with Gasteiger partial charge in [-0.25, -0.2) is 4.98 Å². The largest absolute Gasteiger partial charge is 2.00 e. The van der Waals surface area contributed by atoms with E-state index in [0.717, 1.165) is 76.8 Å². The Hall–Kier alpha value is -6.15. The zero-order chi connectivity index (χ0) is 33.5. The molecule has 0 aliphatic heterocycles. The number of nitrogens with zero attached hydrogens (tertiary/aromatic N) is 3. The zero-order valence-electron chi connectivity index (χ0n) is 27.7. The number of hydrogen-bond acceptors (Lipinski definition) is 2. The molecule has 11 aromatic rings. The topological polar surface area (TPSA) is 30.7 Å². The summed E-state index contributed by atoms with van der Waals surface area (Å²) in [6.45, 7) is 0. The van der Waals surface area contributed by atoms with E-state index in [2.05, 4.69) is 162 Å². The van der Waals surface area contributed by atoms with E-state index in [0.29, 0.717) is 0 Å². The molecule has 0 aliphatic carbocycles. The number of benzene rings is 7. The smallest absolute Gasteiger partial charge is 0.318 e. The summed E-state index contributed by atoms with van der Waals surface area (Å²) in [5, 5.41) is 14.8. The van der Waals surface area contributed by atoms with Gasteiger partial charge in [0.15, 0.2) is 0 Å². The fourth-order valence-corrected chi connectivity index (χ4v) is 7.94. The molecule has 8 aromatic carbocycles. The van der Waals surface area contributed by atoms with Gasteiger partial charge in [0.2, 0.25) is 0 Å². The van der Waals surface area contributed by atoms with Crippen LogP contribution in [0.5, 0.6) is 0 Å². The summed E-state index contributed by atoms with van der Waals surface area (Å²) in [7, 11) is 0. The fourth-order valence-electron chi connectivity index (χ4n) is 7.94. The quantitative estimate of drug-likeness (QED) is 0.162. The second kappa shape index (κ2) is 12.0. The number of pyridine rings is 2. The van der Waals surface area contributed by atoms with Crippen molar-refractivity contribution in [2.24, 2.45) is 0 Å². The molecule has 0 radical (unpaired) electrons. The van der Waals surface area contributed by atoms with Crippen LogP contribution < -0.4 is 0 Å². The van der Waals surface area contributed by atoms with Crippen molar-refractivity contribution in [3.63, 3.8) is 0 Å². The number of rotatable bonds is 2. The third-order valence-electron chi connectivity index (χ3n) is 10.3. The van der Waals surface area contributed by atoms with E-state index in [1.807, 2.05) is 18.2 Å². The minimum absolute atomic E-state index is 0. The van der Waals surface area contributed by atoms with Gasteiger partial charge in [0.25, 0.3) is 0 Å². The summed E-state index contributed by atoms with van der Waals surface area (Å²) >= 11 is 0. The first-order valence-corrected chi connectivity index (χ1v) is 17.2. The molecule has 0 atom stereocenters. The first-order chi connectivity index (χ1) is 25.3. The van der Waals surface area contributed by atoms with Gasteiger partial charge in [-0.2, -0.15) is 24.3 Å². The van der Waals surface area contributed by atoms with Gasteiger partial charge in [0.05, 0.1) is 16.9 Å². The Kier molecular flexibility index (Phi) is 7.06. The summed E-state index contributed by atoms with van der Waals surface area (Å²) < 4.78 is 2.21. The molecule has 52 heavy (non-hydrogen) atoms. The van der Waals surface area contributed by atoms with E-state index >= 15 is 0 Å². The Balaban J connectivity index is 0.00000338.